The number of hydrogen-bond donors (Lipinski definition) is 1. The third-order valence-electron chi connectivity index (χ3n) is 2.72. The van der Waals surface area contributed by atoms with Crippen molar-refractivity contribution in [2.75, 3.05) is 13.1 Å². The minimum Gasteiger partial charge on any atom is -0.393 e. The summed E-state index contributed by atoms with van der Waals surface area (Å²) in [6, 6.07) is 1.91. The van der Waals surface area contributed by atoms with Crippen LogP contribution in [0.2, 0.25) is 0 Å². The maximum atomic E-state index is 12.3. The van der Waals surface area contributed by atoms with Gasteiger partial charge in [0, 0.05) is 19.0 Å². The lowest BCUT2D eigenvalue weighted by atomic mass is 10.1. The minimum absolute atomic E-state index is 0.0356. The van der Waals surface area contributed by atoms with Crippen molar-refractivity contribution in [3.05, 3.63) is 20.3 Å². The van der Waals surface area contributed by atoms with Crippen molar-refractivity contribution in [2.45, 2.75) is 20.8 Å². The second-order valence-electron chi connectivity index (χ2n) is 4.21. The van der Waals surface area contributed by atoms with Gasteiger partial charge < -0.3 is 10.6 Å². The van der Waals surface area contributed by atoms with E-state index in [1.807, 2.05) is 26.8 Å². The lowest BCUT2D eigenvalue weighted by Crippen LogP contribution is -2.37. The standard InChI is InChI=1S/C12H17BrN2OS2/c1-4-15(6-8(3)11(14)17)12(16)9-5-7(2)10(13)18-9/h5,8H,4,6H2,1-3H3,(H2,14,17). The summed E-state index contributed by atoms with van der Waals surface area (Å²) in [4.78, 5) is 15.3. The zero-order valence-electron chi connectivity index (χ0n) is 10.7. The van der Waals surface area contributed by atoms with Crippen molar-refractivity contribution in [2.24, 2.45) is 11.7 Å². The first kappa shape index (κ1) is 15.6. The van der Waals surface area contributed by atoms with Crippen molar-refractivity contribution < 1.29 is 4.79 Å². The molecule has 1 aromatic heterocycles. The molecule has 0 fully saturated rings. The molecule has 1 aromatic rings. The molecule has 0 saturated heterocycles. The summed E-state index contributed by atoms with van der Waals surface area (Å²) in [5, 5.41) is 0. The van der Waals surface area contributed by atoms with E-state index in [4.69, 9.17) is 18.0 Å². The summed E-state index contributed by atoms with van der Waals surface area (Å²) < 4.78 is 1.00. The number of amides is 1. The van der Waals surface area contributed by atoms with Gasteiger partial charge in [0.1, 0.15) is 0 Å². The lowest BCUT2D eigenvalue weighted by molar-refractivity contribution is 0.0759. The van der Waals surface area contributed by atoms with Gasteiger partial charge >= 0.3 is 0 Å². The van der Waals surface area contributed by atoms with E-state index < -0.39 is 0 Å². The molecule has 18 heavy (non-hydrogen) atoms. The van der Waals surface area contributed by atoms with Crippen LogP contribution in [0, 0.1) is 12.8 Å². The molecule has 3 nitrogen and oxygen atoms in total. The zero-order chi connectivity index (χ0) is 13.9. The molecule has 1 rings (SSSR count). The van der Waals surface area contributed by atoms with Gasteiger partial charge in [0.2, 0.25) is 0 Å². The first-order chi connectivity index (χ1) is 8.36. The molecular formula is C12H17BrN2OS2. The topological polar surface area (TPSA) is 46.3 Å². The normalized spacial score (nSPS) is 12.2. The summed E-state index contributed by atoms with van der Waals surface area (Å²) in [5.74, 6) is 0.0767. The third kappa shape index (κ3) is 3.76. The fourth-order valence-electron chi connectivity index (χ4n) is 1.50. The molecule has 1 amide bonds. The van der Waals surface area contributed by atoms with Gasteiger partial charge in [-0.3, -0.25) is 4.79 Å². The maximum absolute atomic E-state index is 12.3. The number of rotatable bonds is 5. The minimum atomic E-state index is 0.0356. The molecule has 0 radical (unpaired) electrons. The van der Waals surface area contributed by atoms with Gasteiger partial charge in [0.25, 0.3) is 5.91 Å². The van der Waals surface area contributed by atoms with Crippen LogP contribution in [0.5, 0.6) is 0 Å². The molecular weight excluding hydrogens is 332 g/mol. The van der Waals surface area contributed by atoms with Gasteiger partial charge in [0.05, 0.1) is 13.7 Å². The molecule has 100 valence electrons. The van der Waals surface area contributed by atoms with E-state index in [9.17, 15) is 4.79 Å². The van der Waals surface area contributed by atoms with Gasteiger partial charge in [-0.15, -0.1) is 11.3 Å². The highest BCUT2D eigenvalue weighted by molar-refractivity contribution is 9.11. The summed E-state index contributed by atoms with van der Waals surface area (Å²) in [6.07, 6.45) is 0. The Bertz CT molecular complexity index is 439. The SMILES string of the molecule is CCN(CC(C)C(N)=S)C(=O)c1cc(C)c(Br)s1. The molecule has 0 aromatic carbocycles. The molecule has 0 saturated carbocycles. The summed E-state index contributed by atoms with van der Waals surface area (Å²) in [7, 11) is 0. The van der Waals surface area contributed by atoms with Gasteiger partial charge in [-0.05, 0) is 41.4 Å². The third-order valence-corrected chi connectivity index (χ3v) is 5.24. The quantitative estimate of drug-likeness (QED) is 0.831. The Hall–Kier alpha value is -0.460. The van der Waals surface area contributed by atoms with Crippen LogP contribution in [0.4, 0.5) is 0 Å². The predicted molar refractivity (Wildman–Crippen MR) is 84.3 cm³/mol. The van der Waals surface area contributed by atoms with E-state index in [1.54, 1.807) is 4.90 Å². The van der Waals surface area contributed by atoms with E-state index in [-0.39, 0.29) is 11.8 Å². The van der Waals surface area contributed by atoms with Gasteiger partial charge in [-0.25, -0.2) is 0 Å². The van der Waals surface area contributed by atoms with E-state index in [0.717, 1.165) is 14.2 Å². The van der Waals surface area contributed by atoms with Gasteiger partial charge in [0.15, 0.2) is 0 Å². The molecule has 0 aliphatic rings. The summed E-state index contributed by atoms with van der Waals surface area (Å²) in [6.45, 7) is 7.10. The number of nitrogens with zero attached hydrogens (tertiary/aromatic N) is 1. The monoisotopic (exact) mass is 348 g/mol. The van der Waals surface area contributed by atoms with E-state index in [2.05, 4.69) is 15.9 Å². The van der Waals surface area contributed by atoms with Crippen molar-refractivity contribution >= 4 is 50.4 Å². The highest BCUT2D eigenvalue weighted by atomic mass is 79.9. The first-order valence-electron chi connectivity index (χ1n) is 5.71. The van der Waals surface area contributed by atoms with E-state index >= 15 is 0 Å². The number of thiophene rings is 1. The van der Waals surface area contributed by atoms with Gasteiger partial charge in [-0.2, -0.15) is 0 Å². The van der Waals surface area contributed by atoms with Crippen LogP contribution in [-0.2, 0) is 0 Å². The Morgan fingerprint density at radius 3 is 2.67 bits per heavy atom. The second-order valence-corrected chi connectivity index (χ2v) is 7.06. The maximum Gasteiger partial charge on any atom is 0.263 e. The number of nitrogens with two attached hydrogens (primary N) is 1. The molecule has 1 unspecified atom stereocenters. The Morgan fingerprint density at radius 1 is 1.67 bits per heavy atom. The second kappa shape index (κ2) is 6.63. The highest BCUT2D eigenvalue weighted by Crippen LogP contribution is 2.28. The van der Waals surface area contributed by atoms with Crippen LogP contribution < -0.4 is 5.73 Å². The average molecular weight is 349 g/mol. The van der Waals surface area contributed by atoms with Crippen LogP contribution in [0.25, 0.3) is 0 Å². The van der Waals surface area contributed by atoms with E-state index in [0.29, 0.717) is 18.1 Å². The Kier molecular flexibility index (Phi) is 5.75. The summed E-state index contributed by atoms with van der Waals surface area (Å²) >= 11 is 9.85. The number of carbonyl (C=O) groups is 1. The smallest absolute Gasteiger partial charge is 0.263 e. The molecule has 0 spiro atoms. The molecule has 0 aliphatic heterocycles. The van der Waals surface area contributed by atoms with Crippen LogP contribution in [0.3, 0.4) is 0 Å². The Labute approximate surface area is 125 Å². The molecule has 2 N–H and O–H groups in total. The molecule has 0 aliphatic carbocycles. The highest BCUT2D eigenvalue weighted by Gasteiger charge is 2.20. The fourth-order valence-corrected chi connectivity index (χ4v) is 3.07. The van der Waals surface area contributed by atoms with Crippen molar-refractivity contribution in [1.29, 1.82) is 0 Å². The predicted octanol–water partition coefficient (Wildman–Crippen LogP) is 3.20. The number of aryl methyl sites for hydroxylation is 1. The number of halogens is 1. The zero-order valence-corrected chi connectivity index (χ0v) is 13.9. The fraction of sp³-hybridized carbons (Fsp3) is 0.500. The molecule has 1 atom stereocenters. The average Bonchev–Trinajstić information content (AvgIpc) is 2.65. The molecule has 0 bridgehead atoms. The summed E-state index contributed by atoms with van der Waals surface area (Å²) in [5.41, 5.74) is 6.68. The molecule has 6 heteroatoms. The number of carbonyl (C=O) groups excluding carboxylic acids is 1. The Morgan fingerprint density at radius 2 is 2.28 bits per heavy atom. The Balaban J connectivity index is 2.82. The van der Waals surface area contributed by atoms with Crippen LogP contribution in [-0.4, -0.2) is 28.9 Å². The first-order valence-corrected chi connectivity index (χ1v) is 7.73. The van der Waals surface area contributed by atoms with Crippen LogP contribution in [0.1, 0.15) is 29.1 Å². The lowest BCUT2D eigenvalue weighted by Gasteiger charge is -2.23. The van der Waals surface area contributed by atoms with Crippen molar-refractivity contribution in [3.63, 3.8) is 0 Å². The van der Waals surface area contributed by atoms with Crippen molar-refractivity contribution in [3.8, 4) is 0 Å². The molecule has 1 heterocycles. The van der Waals surface area contributed by atoms with E-state index in [1.165, 1.54) is 11.3 Å². The van der Waals surface area contributed by atoms with Crippen molar-refractivity contribution in [1.82, 2.24) is 4.90 Å². The number of hydrogen-bond acceptors (Lipinski definition) is 3. The van der Waals surface area contributed by atoms with Gasteiger partial charge in [-0.1, -0.05) is 19.1 Å². The van der Waals surface area contributed by atoms with Crippen LogP contribution >= 0.6 is 39.5 Å². The van der Waals surface area contributed by atoms with Crippen LogP contribution in [0.15, 0.2) is 9.85 Å². The number of thiocarbonyl (C=S) groups is 1. The largest absolute Gasteiger partial charge is 0.393 e.